The molecule has 0 aromatic heterocycles. The smallest absolute Gasteiger partial charge is 0.220 e. The Morgan fingerprint density at radius 1 is 0.537 bits per heavy atom. The number of nitrogens with one attached hydrogen (secondary N) is 1. The molecule has 2 fully saturated rings. The van der Waals surface area contributed by atoms with Crippen molar-refractivity contribution in [2.24, 2.45) is 0 Å². The van der Waals surface area contributed by atoms with Crippen molar-refractivity contribution in [1.29, 1.82) is 0 Å². The summed E-state index contributed by atoms with van der Waals surface area (Å²) in [4.78, 5) is 13.2. The molecule has 67 heavy (non-hydrogen) atoms. The van der Waals surface area contributed by atoms with E-state index in [0.29, 0.717) is 19.3 Å². The standard InChI is InChI=1S/C53H99NO13/c1-3-5-7-9-11-13-15-17-19-20-21-23-25-27-29-31-33-35-37-45(58)54-41(42(57)36-34-32-30-28-26-24-22-18-16-14-12-10-8-6-4-2)40-64-52-50(63)48(61)51(44(39-56)66-52)67-53-49(62)47(60)46(59)43(38-55)65-53/h13,15,19-20,41-44,46-53,55-57,59-63H,3-12,14,16-18,21-40H2,1-2H3,(H,54,58)/b15-13-,20-19-. The summed E-state index contributed by atoms with van der Waals surface area (Å²) in [5, 5.41) is 87.0. The van der Waals surface area contributed by atoms with Crippen LogP contribution < -0.4 is 5.32 Å². The molecule has 0 radical (unpaired) electrons. The summed E-state index contributed by atoms with van der Waals surface area (Å²) in [5.74, 6) is -0.214. The van der Waals surface area contributed by atoms with E-state index in [0.717, 1.165) is 57.8 Å². The highest BCUT2D eigenvalue weighted by atomic mass is 16.7. The molecule has 0 bridgehead atoms. The van der Waals surface area contributed by atoms with Crippen LogP contribution in [0.15, 0.2) is 24.3 Å². The fourth-order valence-corrected chi connectivity index (χ4v) is 8.97. The van der Waals surface area contributed by atoms with Gasteiger partial charge in [0.05, 0.1) is 32.0 Å². The van der Waals surface area contributed by atoms with Crippen LogP contribution >= 0.6 is 0 Å². The van der Waals surface area contributed by atoms with Crippen molar-refractivity contribution in [3.63, 3.8) is 0 Å². The predicted molar refractivity (Wildman–Crippen MR) is 263 cm³/mol. The molecule has 2 saturated heterocycles. The number of ether oxygens (including phenoxy) is 4. The van der Waals surface area contributed by atoms with Crippen LogP contribution in [0.25, 0.3) is 0 Å². The molecule has 9 N–H and O–H groups in total. The average Bonchev–Trinajstić information content (AvgIpc) is 3.32. The zero-order chi connectivity index (χ0) is 48.9. The fraction of sp³-hybridized carbons (Fsp3) is 0.906. The zero-order valence-corrected chi connectivity index (χ0v) is 41.9. The Bertz CT molecular complexity index is 1220. The van der Waals surface area contributed by atoms with Crippen LogP contribution in [-0.2, 0) is 23.7 Å². The van der Waals surface area contributed by atoms with Gasteiger partial charge in [-0.2, -0.15) is 0 Å². The van der Waals surface area contributed by atoms with Crippen molar-refractivity contribution in [3.05, 3.63) is 24.3 Å². The van der Waals surface area contributed by atoms with Crippen LogP contribution in [0.2, 0.25) is 0 Å². The number of carbonyl (C=O) groups excluding carboxylic acids is 1. The van der Waals surface area contributed by atoms with Gasteiger partial charge in [-0.25, -0.2) is 0 Å². The van der Waals surface area contributed by atoms with E-state index >= 15 is 0 Å². The Balaban J connectivity index is 1.81. The molecular formula is C53H99NO13. The van der Waals surface area contributed by atoms with Crippen LogP contribution in [0.1, 0.15) is 213 Å². The number of carbonyl (C=O) groups is 1. The van der Waals surface area contributed by atoms with E-state index in [9.17, 15) is 45.6 Å². The SMILES string of the molecule is CCCCCC/C=C\C/C=C\CCCCCCCCCC(=O)NC(COC1OC(CO)C(OC2OC(CO)C(O)C(O)C2O)C(O)C1O)C(O)CCCCCCCCCCCCCCCCC. The summed E-state index contributed by atoms with van der Waals surface area (Å²) < 4.78 is 22.8. The molecule has 2 aliphatic rings. The minimum atomic E-state index is -1.78. The van der Waals surface area contributed by atoms with Crippen molar-refractivity contribution in [3.8, 4) is 0 Å². The van der Waals surface area contributed by atoms with Crippen LogP contribution in [0.5, 0.6) is 0 Å². The highest BCUT2D eigenvalue weighted by Gasteiger charge is 2.51. The molecule has 2 heterocycles. The lowest BCUT2D eigenvalue weighted by Gasteiger charge is -2.46. The lowest BCUT2D eigenvalue weighted by molar-refractivity contribution is -0.359. The molecule has 1 amide bonds. The first-order chi connectivity index (χ1) is 32.6. The molecule has 0 aromatic carbocycles. The number of aliphatic hydroxyl groups is 8. The predicted octanol–water partition coefficient (Wildman–Crippen LogP) is 7.72. The quantitative estimate of drug-likeness (QED) is 0.0211. The Morgan fingerprint density at radius 2 is 0.985 bits per heavy atom. The lowest BCUT2D eigenvalue weighted by atomic mass is 9.97. The second kappa shape index (κ2) is 40.1. The largest absolute Gasteiger partial charge is 0.394 e. The van der Waals surface area contributed by atoms with Gasteiger partial charge in [-0.15, -0.1) is 0 Å². The first-order valence-corrected chi connectivity index (χ1v) is 27.1. The maximum atomic E-state index is 13.2. The number of hydrogen-bond donors (Lipinski definition) is 9. The summed E-state index contributed by atoms with van der Waals surface area (Å²) in [6, 6.07) is -0.830. The molecule has 14 nitrogen and oxygen atoms in total. The van der Waals surface area contributed by atoms with Gasteiger partial charge in [-0.05, 0) is 44.9 Å². The number of aliphatic hydroxyl groups excluding tert-OH is 8. The molecular weight excluding hydrogens is 859 g/mol. The maximum Gasteiger partial charge on any atom is 0.220 e. The summed E-state index contributed by atoms with van der Waals surface area (Å²) in [5.41, 5.74) is 0. The maximum absolute atomic E-state index is 13.2. The third-order valence-corrected chi connectivity index (χ3v) is 13.4. The molecule has 0 aromatic rings. The van der Waals surface area contributed by atoms with Crippen LogP contribution in [0, 0.1) is 0 Å². The highest BCUT2D eigenvalue weighted by molar-refractivity contribution is 5.76. The van der Waals surface area contributed by atoms with Gasteiger partial charge < -0.3 is 65.1 Å². The van der Waals surface area contributed by atoms with E-state index in [1.807, 2.05) is 0 Å². The molecule has 12 unspecified atom stereocenters. The van der Waals surface area contributed by atoms with Crippen LogP contribution in [-0.4, -0.2) is 140 Å². The first-order valence-electron chi connectivity index (χ1n) is 27.1. The Labute approximate surface area is 405 Å². The minimum absolute atomic E-state index is 0.214. The van der Waals surface area contributed by atoms with E-state index in [1.165, 1.54) is 122 Å². The average molecular weight is 958 g/mol. The van der Waals surface area contributed by atoms with Gasteiger partial charge in [0.25, 0.3) is 0 Å². The first kappa shape index (κ1) is 61.6. The topological polar surface area (TPSA) is 228 Å². The molecule has 0 aliphatic carbocycles. The summed E-state index contributed by atoms with van der Waals surface area (Å²) in [6.07, 6.45) is 27.4. The molecule has 394 valence electrons. The van der Waals surface area contributed by atoms with Crippen molar-refractivity contribution in [2.45, 2.75) is 286 Å². The molecule has 2 rings (SSSR count). The molecule has 0 saturated carbocycles. The van der Waals surface area contributed by atoms with Gasteiger partial charge in [0.1, 0.15) is 48.8 Å². The van der Waals surface area contributed by atoms with E-state index in [4.69, 9.17) is 18.9 Å². The minimum Gasteiger partial charge on any atom is -0.394 e. The highest BCUT2D eigenvalue weighted by Crippen LogP contribution is 2.30. The van der Waals surface area contributed by atoms with Crippen molar-refractivity contribution < 1.29 is 64.6 Å². The summed E-state index contributed by atoms with van der Waals surface area (Å²) >= 11 is 0. The molecule has 12 atom stereocenters. The van der Waals surface area contributed by atoms with Crippen molar-refractivity contribution >= 4 is 5.91 Å². The van der Waals surface area contributed by atoms with Gasteiger partial charge in [-0.1, -0.05) is 186 Å². The zero-order valence-electron chi connectivity index (χ0n) is 41.9. The molecule has 0 spiro atoms. The van der Waals surface area contributed by atoms with Gasteiger partial charge in [0.15, 0.2) is 12.6 Å². The van der Waals surface area contributed by atoms with Crippen LogP contribution in [0.3, 0.4) is 0 Å². The van der Waals surface area contributed by atoms with Gasteiger partial charge in [-0.3, -0.25) is 4.79 Å². The van der Waals surface area contributed by atoms with Crippen LogP contribution in [0.4, 0.5) is 0 Å². The number of allylic oxidation sites excluding steroid dienone is 4. The normalized spacial score (nSPS) is 26.7. The fourth-order valence-electron chi connectivity index (χ4n) is 8.97. The third-order valence-electron chi connectivity index (χ3n) is 13.4. The van der Waals surface area contributed by atoms with Crippen molar-refractivity contribution in [2.75, 3.05) is 19.8 Å². The number of rotatable bonds is 42. The number of hydrogen-bond acceptors (Lipinski definition) is 13. The Morgan fingerprint density at radius 3 is 1.51 bits per heavy atom. The Kier molecular flexibility index (Phi) is 36.9. The monoisotopic (exact) mass is 958 g/mol. The third kappa shape index (κ3) is 27.0. The van der Waals surface area contributed by atoms with E-state index in [-0.39, 0.29) is 12.5 Å². The van der Waals surface area contributed by atoms with Crippen molar-refractivity contribution in [1.82, 2.24) is 5.32 Å². The van der Waals surface area contributed by atoms with E-state index < -0.39 is 86.8 Å². The van der Waals surface area contributed by atoms with Gasteiger partial charge in [0.2, 0.25) is 5.91 Å². The van der Waals surface area contributed by atoms with E-state index in [2.05, 4.69) is 43.5 Å². The summed E-state index contributed by atoms with van der Waals surface area (Å²) in [6.45, 7) is 2.84. The molecule has 2 aliphatic heterocycles. The second-order valence-corrected chi connectivity index (χ2v) is 19.4. The number of unbranched alkanes of at least 4 members (excludes halogenated alkanes) is 25. The lowest BCUT2D eigenvalue weighted by Crippen LogP contribution is -2.65. The molecule has 14 heteroatoms. The van der Waals surface area contributed by atoms with Gasteiger partial charge in [0, 0.05) is 6.42 Å². The number of amides is 1. The summed E-state index contributed by atoms with van der Waals surface area (Å²) in [7, 11) is 0. The second-order valence-electron chi connectivity index (χ2n) is 19.4. The Hall–Kier alpha value is -1.53. The van der Waals surface area contributed by atoms with E-state index in [1.54, 1.807) is 0 Å². The van der Waals surface area contributed by atoms with Gasteiger partial charge >= 0.3 is 0 Å².